The van der Waals surface area contributed by atoms with Gasteiger partial charge in [-0.05, 0) is 104 Å². The van der Waals surface area contributed by atoms with Gasteiger partial charge in [-0.3, -0.25) is 0 Å². The van der Waals surface area contributed by atoms with Gasteiger partial charge in [-0.15, -0.1) is 0 Å². The fraction of sp³-hybridized carbons (Fsp3) is 0.0833. The van der Waals surface area contributed by atoms with Gasteiger partial charge in [-0.2, -0.15) is 0 Å². The normalized spacial score (nSPS) is 15.2. The van der Waals surface area contributed by atoms with Gasteiger partial charge in [0, 0.05) is 17.0 Å². The van der Waals surface area contributed by atoms with Gasteiger partial charge in [0.15, 0.2) is 0 Å². The van der Waals surface area contributed by atoms with Crippen LogP contribution in [0.5, 0.6) is 0 Å². The van der Waals surface area contributed by atoms with Crippen LogP contribution in [-0.4, -0.2) is 8.42 Å². The fourth-order valence-electron chi connectivity index (χ4n) is 8.81. The summed E-state index contributed by atoms with van der Waals surface area (Å²) in [5, 5.41) is 4.50. The molecule has 1 aliphatic carbocycles. The lowest BCUT2D eigenvalue weighted by molar-refractivity contribution is 0.596. The van der Waals surface area contributed by atoms with Crippen molar-refractivity contribution in [1.82, 2.24) is 0 Å². The molecule has 0 amide bonds. The fourth-order valence-corrected chi connectivity index (χ4v) is 10.5. The van der Waals surface area contributed by atoms with E-state index < -0.39 is 10.0 Å². The van der Waals surface area contributed by atoms with E-state index in [9.17, 15) is 0 Å². The van der Waals surface area contributed by atoms with Crippen molar-refractivity contribution in [3.63, 3.8) is 0 Å². The minimum Gasteiger partial charge on any atom is -0.234 e. The molecular weight excluding hydrogens is 655 g/mol. The zero-order chi connectivity index (χ0) is 34.8. The summed E-state index contributed by atoms with van der Waals surface area (Å²) in [5.74, 6) is 0.148. The first-order valence-electron chi connectivity index (χ1n) is 18.0. The zero-order valence-corrected chi connectivity index (χ0v) is 29.4. The maximum absolute atomic E-state index is 15.1. The molecule has 2 aliphatic rings. The number of sulfonamides is 1. The topological polar surface area (TPSA) is 37.4 Å². The van der Waals surface area contributed by atoms with Crippen LogP contribution in [0.3, 0.4) is 0 Å². The Morgan fingerprint density at radius 3 is 2.00 bits per heavy atom. The first-order chi connectivity index (χ1) is 25.6. The molecule has 52 heavy (non-hydrogen) atoms. The molecule has 0 fully saturated rings. The molecule has 3 nitrogen and oxygen atoms in total. The third-order valence-corrected chi connectivity index (χ3v) is 12.8. The van der Waals surface area contributed by atoms with Gasteiger partial charge < -0.3 is 0 Å². The Morgan fingerprint density at radius 1 is 0.538 bits per heavy atom. The number of fused-ring (bicyclic) bond motifs is 11. The summed E-state index contributed by atoms with van der Waals surface area (Å²) < 4.78 is 31.8. The SMILES string of the molecule is O=S1(=O)c2ccc3c(c2-c2c(ccc4c(Cc5ccccc5)cc5ccccc5c24)N1c1ccccc1)-c1ccccc1C3CCc1ccccc1. The predicted octanol–water partition coefficient (Wildman–Crippen LogP) is 11.8. The van der Waals surface area contributed by atoms with E-state index in [0.29, 0.717) is 16.3 Å². The molecule has 1 atom stereocenters. The van der Waals surface area contributed by atoms with Crippen LogP contribution >= 0.6 is 0 Å². The Morgan fingerprint density at radius 2 is 1.21 bits per heavy atom. The van der Waals surface area contributed by atoms with Crippen molar-refractivity contribution in [3.8, 4) is 22.3 Å². The Hall–Kier alpha value is -5.97. The minimum atomic E-state index is -3.99. The van der Waals surface area contributed by atoms with E-state index >= 15 is 8.42 Å². The average Bonchev–Trinajstić information content (AvgIpc) is 3.51. The second-order valence-electron chi connectivity index (χ2n) is 14.0. The van der Waals surface area contributed by atoms with Crippen LogP contribution in [0.1, 0.15) is 40.2 Å². The van der Waals surface area contributed by atoms with Crippen LogP contribution in [0, 0.1) is 0 Å². The van der Waals surface area contributed by atoms with Crippen molar-refractivity contribution in [2.75, 3.05) is 4.31 Å². The highest BCUT2D eigenvalue weighted by atomic mass is 32.2. The molecule has 0 saturated heterocycles. The van der Waals surface area contributed by atoms with Crippen molar-refractivity contribution in [2.24, 2.45) is 0 Å². The lowest BCUT2D eigenvalue weighted by Gasteiger charge is -2.34. The maximum atomic E-state index is 15.1. The predicted molar refractivity (Wildman–Crippen MR) is 214 cm³/mol. The summed E-state index contributed by atoms with van der Waals surface area (Å²) in [5.41, 5.74) is 11.5. The third-order valence-electron chi connectivity index (χ3n) is 11.0. The number of anilines is 2. The molecule has 0 saturated carbocycles. The van der Waals surface area contributed by atoms with Crippen molar-refractivity contribution in [3.05, 3.63) is 198 Å². The van der Waals surface area contributed by atoms with Gasteiger partial charge >= 0.3 is 0 Å². The zero-order valence-electron chi connectivity index (χ0n) is 28.5. The largest absolute Gasteiger partial charge is 0.269 e. The summed E-state index contributed by atoms with van der Waals surface area (Å²) in [6.07, 6.45) is 2.64. The standard InChI is InChI=1S/C48H35NO2S/c50-52(51)44-29-27-42-40(25-24-32-14-4-1-5-15-32)39-22-12-13-23-41(39)46(42)48(44)47-43(49(52)36-19-8-3-9-20-36)28-26-38-35(30-33-16-6-2-7-17-33)31-34-18-10-11-21-37(34)45(38)47/h1-23,26-29,31,40H,24-25,30H2. The van der Waals surface area contributed by atoms with E-state index in [1.54, 1.807) is 4.31 Å². The highest BCUT2D eigenvalue weighted by molar-refractivity contribution is 7.93. The smallest absolute Gasteiger partial charge is 0.234 e. The van der Waals surface area contributed by atoms with E-state index in [2.05, 4.69) is 127 Å². The molecule has 8 aromatic carbocycles. The van der Waals surface area contributed by atoms with Gasteiger partial charge in [0.05, 0.1) is 16.3 Å². The summed E-state index contributed by atoms with van der Waals surface area (Å²) in [4.78, 5) is 0.353. The van der Waals surface area contributed by atoms with Crippen molar-refractivity contribution >= 4 is 42.9 Å². The summed E-state index contributed by atoms with van der Waals surface area (Å²) in [7, 11) is -3.99. The van der Waals surface area contributed by atoms with Crippen molar-refractivity contribution in [1.29, 1.82) is 0 Å². The van der Waals surface area contributed by atoms with Crippen LogP contribution < -0.4 is 4.31 Å². The highest BCUT2D eigenvalue weighted by Crippen LogP contribution is 2.59. The van der Waals surface area contributed by atoms with E-state index in [4.69, 9.17) is 0 Å². The van der Waals surface area contributed by atoms with Gasteiger partial charge in [-0.25, -0.2) is 12.7 Å². The van der Waals surface area contributed by atoms with Crippen LogP contribution in [0.4, 0.5) is 11.4 Å². The molecule has 4 heteroatoms. The highest BCUT2D eigenvalue weighted by Gasteiger charge is 2.42. The van der Waals surface area contributed by atoms with Crippen molar-refractivity contribution < 1.29 is 8.42 Å². The monoisotopic (exact) mass is 689 g/mol. The number of rotatable bonds is 6. The first-order valence-corrected chi connectivity index (χ1v) is 19.4. The lowest BCUT2D eigenvalue weighted by atomic mass is 9.84. The van der Waals surface area contributed by atoms with Gasteiger partial charge in [0.25, 0.3) is 10.0 Å². The molecule has 250 valence electrons. The van der Waals surface area contributed by atoms with Crippen molar-refractivity contribution in [2.45, 2.75) is 30.1 Å². The Bertz CT molecular complexity index is 2780. The number of hydrogen-bond donors (Lipinski definition) is 0. The Kier molecular flexibility index (Phi) is 7.16. The second-order valence-corrected chi connectivity index (χ2v) is 15.7. The van der Waals surface area contributed by atoms with Crippen LogP contribution in [0.15, 0.2) is 175 Å². The molecule has 0 N–H and O–H groups in total. The average molecular weight is 690 g/mol. The second kappa shape index (κ2) is 12.1. The number of aryl methyl sites for hydroxylation is 1. The van der Waals surface area contributed by atoms with E-state index in [1.165, 1.54) is 27.8 Å². The molecule has 0 radical (unpaired) electrons. The molecule has 0 bridgehead atoms. The Balaban J connectivity index is 1.31. The minimum absolute atomic E-state index is 0.148. The number of hydrogen-bond acceptors (Lipinski definition) is 2. The molecule has 1 aliphatic heterocycles. The van der Waals surface area contributed by atoms with Gasteiger partial charge in [0.2, 0.25) is 0 Å². The van der Waals surface area contributed by atoms with Gasteiger partial charge in [-0.1, -0.05) is 146 Å². The molecule has 1 unspecified atom stereocenters. The third kappa shape index (κ3) is 4.75. The van der Waals surface area contributed by atoms with Crippen LogP contribution in [-0.2, 0) is 22.9 Å². The summed E-state index contributed by atoms with van der Waals surface area (Å²) >= 11 is 0. The molecular formula is C48H35NO2S. The molecule has 8 aromatic rings. The van der Waals surface area contributed by atoms with Crippen LogP contribution in [0.25, 0.3) is 43.8 Å². The number of nitrogens with zero attached hydrogens (tertiary/aromatic N) is 1. The number of benzene rings is 8. The molecule has 1 heterocycles. The van der Waals surface area contributed by atoms with Gasteiger partial charge in [0.1, 0.15) is 0 Å². The molecule has 0 aromatic heterocycles. The Labute approximate surface area is 304 Å². The maximum Gasteiger partial charge on any atom is 0.269 e. The number of para-hydroxylation sites is 1. The van der Waals surface area contributed by atoms with E-state index in [1.807, 2.05) is 42.5 Å². The summed E-state index contributed by atoms with van der Waals surface area (Å²) in [6.45, 7) is 0. The summed E-state index contributed by atoms with van der Waals surface area (Å²) in [6, 6.07) is 58.5. The molecule has 0 spiro atoms. The van der Waals surface area contributed by atoms with E-state index in [-0.39, 0.29) is 5.92 Å². The molecule has 10 rings (SSSR count). The first kappa shape index (κ1) is 30.8. The van der Waals surface area contributed by atoms with E-state index in [0.717, 1.165) is 63.1 Å². The van der Waals surface area contributed by atoms with Crippen LogP contribution in [0.2, 0.25) is 0 Å². The lowest BCUT2D eigenvalue weighted by Crippen LogP contribution is -2.30. The quantitative estimate of drug-likeness (QED) is 0.163.